The molecule has 6 aromatic rings. The first-order valence-electron chi connectivity index (χ1n) is 15.5. The van der Waals surface area contributed by atoms with Crippen LogP contribution in [0.3, 0.4) is 0 Å². The zero-order valence-corrected chi connectivity index (χ0v) is 26.7. The van der Waals surface area contributed by atoms with Gasteiger partial charge in [-0.15, -0.1) is 0 Å². The van der Waals surface area contributed by atoms with E-state index in [1.165, 1.54) is 16.1 Å². The summed E-state index contributed by atoms with van der Waals surface area (Å²) in [6.07, 6.45) is 3.35. The number of ether oxygens (including phenoxy) is 1. The molecule has 4 heterocycles. The fourth-order valence-electron chi connectivity index (χ4n) is 6.04. The summed E-state index contributed by atoms with van der Waals surface area (Å²) in [6, 6.07) is 25.9. The quantitative estimate of drug-likeness (QED) is 0.154. The van der Waals surface area contributed by atoms with Gasteiger partial charge in [0.2, 0.25) is 0 Å². The molecule has 1 fully saturated rings. The minimum atomic E-state index is -4.10. The van der Waals surface area contributed by atoms with Gasteiger partial charge in [-0.25, -0.2) is 17.4 Å². The maximum Gasteiger partial charge on any atom is 0.269 e. The molecule has 0 saturated carbocycles. The number of aliphatic hydroxyl groups is 1. The molecule has 13 heteroatoms. The third-order valence-electron chi connectivity index (χ3n) is 8.43. The van der Waals surface area contributed by atoms with Crippen molar-refractivity contribution < 1.29 is 23.2 Å². The van der Waals surface area contributed by atoms with Crippen molar-refractivity contribution in [2.75, 3.05) is 32.9 Å². The average Bonchev–Trinajstić information content (AvgIpc) is 3.72. The highest BCUT2D eigenvalue weighted by Crippen LogP contribution is 2.40. The molecule has 0 spiro atoms. The minimum Gasteiger partial charge on any atom is -0.394 e. The first kappa shape index (κ1) is 31.4. The van der Waals surface area contributed by atoms with Crippen molar-refractivity contribution in [2.45, 2.75) is 18.0 Å². The van der Waals surface area contributed by atoms with Gasteiger partial charge in [0.15, 0.2) is 5.65 Å². The number of fused-ring (bicyclic) bond motifs is 1. The Hall–Kier alpha value is -5.21. The fourth-order valence-corrected chi connectivity index (χ4v) is 7.54. The number of nitrogens with zero attached hydrogens (tertiary/aromatic N) is 6. The van der Waals surface area contributed by atoms with E-state index in [1.54, 1.807) is 65.6 Å². The maximum absolute atomic E-state index is 14.4. The van der Waals surface area contributed by atoms with E-state index in [1.807, 2.05) is 30.3 Å². The largest absolute Gasteiger partial charge is 0.394 e. The molecular formula is C35H32N6O6S. The third kappa shape index (κ3) is 6.00. The monoisotopic (exact) mass is 664 g/mol. The van der Waals surface area contributed by atoms with Gasteiger partial charge >= 0.3 is 0 Å². The van der Waals surface area contributed by atoms with Gasteiger partial charge in [0.1, 0.15) is 5.69 Å². The van der Waals surface area contributed by atoms with Crippen LogP contribution in [0.2, 0.25) is 0 Å². The van der Waals surface area contributed by atoms with E-state index in [-0.39, 0.29) is 29.4 Å². The summed E-state index contributed by atoms with van der Waals surface area (Å²) in [6.45, 7) is 3.96. The van der Waals surface area contributed by atoms with Gasteiger partial charge in [-0.3, -0.25) is 19.7 Å². The number of non-ortho nitro benzene ring substituents is 1. The van der Waals surface area contributed by atoms with Crippen LogP contribution in [0.5, 0.6) is 0 Å². The van der Waals surface area contributed by atoms with Crippen LogP contribution >= 0.6 is 0 Å². The Kier molecular flexibility index (Phi) is 8.58. The standard InChI is InChI=1S/C35H32N6O6S/c42-19-16-39-24-32(34(37-39)27-10-12-28(13-11-27)41(43)44)30-14-15-36-35-31(30)22-33(40(35)48(45,46)29-4-2-1-3-5-29)26-8-6-25(7-9-26)23-38-17-20-47-21-18-38/h1-15,22,24,42H,16-21,23H2. The van der Waals surface area contributed by atoms with E-state index in [4.69, 9.17) is 9.84 Å². The summed E-state index contributed by atoms with van der Waals surface area (Å²) >= 11 is 0. The topological polar surface area (TPSA) is 146 Å². The summed E-state index contributed by atoms with van der Waals surface area (Å²) in [4.78, 5) is 17.9. The van der Waals surface area contributed by atoms with Crippen LogP contribution in [0.25, 0.3) is 44.7 Å². The summed E-state index contributed by atoms with van der Waals surface area (Å²) in [7, 11) is -4.10. The van der Waals surface area contributed by atoms with Gasteiger partial charge in [-0.05, 0) is 53.1 Å². The van der Waals surface area contributed by atoms with E-state index < -0.39 is 14.9 Å². The molecule has 1 N–H and O–H groups in total. The second-order valence-electron chi connectivity index (χ2n) is 11.5. The van der Waals surface area contributed by atoms with Crippen LogP contribution in [0.4, 0.5) is 5.69 Å². The highest BCUT2D eigenvalue weighted by molar-refractivity contribution is 7.90. The van der Waals surface area contributed by atoms with Crippen LogP contribution in [0, 0.1) is 10.1 Å². The van der Waals surface area contributed by atoms with E-state index in [9.17, 15) is 23.6 Å². The smallest absolute Gasteiger partial charge is 0.269 e. The van der Waals surface area contributed by atoms with Crippen molar-refractivity contribution in [3.05, 3.63) is 119 Å². The molecule has 12 nitrogen and oxygen atoms in total. The molecule has 3 aromatic heterocycles. The normalized spacial score (nSPS) is 14.0. The summed E-state index contributed by atoms with van der Waals surface area (Å²) in [5.41, 5.74) is 4.94. The second-order valence-corrected chi connectivity index (χ2v) is 13.3. The minimum absolute atomic E-state index is 0.0507. The Bertz CT molecular complexity index is 2190. The summed E-state index contributed by atoms with van der Waals surface area (Å²) < 4.78 is 37.1. The number of hydrogen-bond acceptors (Lipinski definition) is 9. The van der Waals surface area contributed by atoms with Crippen LogP contribution in [0.15, 0.2) is 108 Å². The van der Waals surface area contributed by atoms with Gasteiger partial charge in [0, 0.05) is 60.7 Å². The van der Waals surface area contributed by atoms with Crippen LogP contribution in [-0.4, -0.2) is 75.0 Å². The summed E-state index contributed by atoms with van der Waals surface area (Å²) in [5, 5.41) is 26.3. The van der Waals surface area contributed by atoms with E-state index >= 15 is 0 Å². The molecule has 0 radical (unpaired) electrons. The molecule has 1 saturated heterocycles. The number of nitro benzene ring substituents is 1. The molecular weight excluding hydrogens is 632 g/mol. The maximum atomic E-state index is 14.4. The lowest BCUT2D eigenvalue weighted by molar-refractivity contribution is -0.384. The Morgan fingerprint density at radius 2 is 1.60 bits per heavy atom. The van der Waals surface area contributed by atoms with E-state index in [0.29, 0.717) is 52.2 Å². The number of benzene rings is 3. The van der Waals surface area contributed by atoms with Crippen molar-refractivity contribution in [3.8, 4) is 33.6 Å². The van der Waals surface area contributed by atoms with Crippen molar-refractivity contribution in [3.63, 3.8) is 0 Å². The van der Waals surface area contributed by atoms with Gasteiger partial charge in [-0.1, -0.05) is 42.5 Å². The molecule has 1 aliphatic rings. The molecule has 0 aliphatic carbocycles. The lowest BCUT2D eigenvalue weighted by atomic mass is 10.00. The lowest BCUT2D eigenvalue weighted by Crippen LogP contribution is -2.35. The van der Waals surface area contributed by atoms with Crippen molar-refractivity contribution in [2.24, 2.45) is 0 Å². The molecule has 0 bridgehead atoms. The van der Waals surface area contributed by atoms with Crippen molar-refractivity contribution in [1.29, 1.82) is 0 Å². The second kappa shape index (κ2) is 13.1. The fraction of sp³-hybridized carbons (Fsp3) is 0.200. The third-order valence-corrected chi connectivity index (χ3v) is 10.2. The average molecular weight is 665 g/mol. The zero-order chi connectivity index (χ0) is 33.3. The van der Waals surface area contributed by atoms with Crippen molar-refractivity contribution >= 4 is 26.7 Å². The zero-order valence-electron chi connectivity index (χ0n) is 25.8. The Labute approximate surface area is 276 Å². The number of nitro groups is 1. The molecule has 244 valence electrons. The van der Waals surface area contributed by atoms with Crippen LogP contribution in [0.1, 0.15) is 5.56 Å². The first-order chi connectivity index (χ1) is 23.3. The number of aliphatic hydroxyl groups excluding tert-OH is 1. The van der Waals surface area contributed by atoms with Gasteiger partial charge < -0.3 is 9.84 Å². The molecule has 0 atom stereocenters. The van der Waals surface area contributed by atoms with E-state index in [0.717, 1.165) is 25.2 Å². The van der Waals surface area contributed by atoms with Crippen LogP contribution < -0.4 is 0 Å². The molecule has 48 heavy (non-hydrogen) atoms. The molecule has 0 unspecified atom stereocenters. The SMILES string of the molecule is O=[N+]([O-])c1ccc(-c2nn(CCO)cc2-c2ccnc3c2cc(-c2ccc(CN4CCOCC4)cc2)n3S(=O)(=O)c2ccccc2)cc1. The first-order valence-corrected chi connectivity index (χ1v) is 16.9. The predicted molar refractivity (Wildman–Crippen MR) is 181 cm³/mol. The number of rotatable bonds is 10. The number of hydrogen-bond donors (Lipinski definition) is 1. The molecule has 3 aromatic carbocycles. The van der Waals surface area contributed by atoms with Crippen molar-refractivity contribution in [1.82, 2.24) is 23.6 Å². The summed E-state index contributed by atoms with van der Waals surface area (Å²) in [5.74, 6) is 0. The Morgan fingerprint density at radius 1 is 0.896 bits per heavy atom. The number of morpholine rings is 1. The van der Waals surface area contributed by atoms with E-state index in [2.05, 4.69) is 9.88 Å². The Morgan fingerprint density at radius 3 is 2.29 bits per heavy atom. The van der Waals surface area contributed by atoms with Crippen LogP contribution in [-0.2, 0) is 27.8 Å². The molecule has 0 amide bonds. The predicted octanol–water partition coefficient (Wildman–Crippen LogP) is 5.20. The van der Waals surface area contributed by atoms with Gasteiger partial charge in [0.05, 0.1) is 41.9 Å². The molecule has 7 rings (SSSR count). The highest BCUT2D eigenvalue weighted by Gasteiger charge is 2.27. The van der Waals surface area contributed by atoms with Gasteiger partial charge in [0.25, 0.3) is 15.7 Å². The number of pyridine rings is 1. The molecule has 1 aliphatic heterocycles. The highest BCUT2D eigenvalue weighted by atomic mass is 32.2. The lowest BCUT2D eigenvalue weighted by Gasteiger charge is -2.26. The number of aromatic nitrogens is 4. The Balaban J connectivity index is 1.40. The van der Waals surface area contributed by atoms with Gasteiger partial charge in [-0.2, -0.15) is 5.10 Å².